The molecule has 6 heteroatoms. The van der Waals surface area contributed by atoms with Crippen molar-refractivity contribution in [2.24, 2.45) is 0 Å². The zero-order valence-corrected chi connectivity index (χ0v) is 14.9. The third-order valence-corrected chi connectivity index (χ3v) is 5.04. The number of halogens is 1. The second-order valence-corrected chi connectivity index (χ2v) is 7.45. The summed E-state index contributed by atoms with van der Waals surface area (Å²) in [6.45, 7) is 2.63. The number of nitrogens with one attached hydrogen (secondary N) is 1. The normalized spacial score (nSPS) is 13.7. The lowest BCUT2D eigenvalue weighted by Crippen LogP contribution is -2.30. The Kier molecular flexibility index (Phi) is 5.13. The van der Waals surface area contributed by atoms with Crippen LogP contribution in [0.4, 0.5) is 0 Å². The van der Waals surface area contributed by atoms with E-state index in [0.29, 0.717) is 6.54 Å². The zero-order valence-electron chi connectivity index (χ0n) is 12.5. The third kappa shape index (κ3) is 4.20. The first-order chi connectivity index (χ1) is 11.1. The van der Waals surface area contributed by atoms with E-state index in [1.807, 2.05) is 49.4 Å². The lowest BCUT2D eigenvalue weighted by atomic mass is 10.2. The predicted molar refractivity (Wildman–Crippen MR) is 93.9 cm³/mol. The minimum absolute atomic E-state index is 0.00980. The molecule has 0 aliphatic carbocycles. The van der Waals surface area contributed by atoms with Gasteiger partial charge in [0, 0.05) is 15.9 Å². The van der Waals surface area contributed by atoms with Crippen LogP contribution in [0, 0.1) is 0 Å². The number of rotatable bonds is 5. The minimum atomic E-state index is -0.162. The van der Waals surface area contributed by atoms with E-state index in [1.54, 1.807) is 0 Å². The number of fused-ring (bicyclic) bond motifs is 1. The Morgan fingerprint density at radius 2 is 1.96 bits per heavy atom. The third-order valence-electron chi connectivity index (χ3n) is 3.40. The number of carbonyl (C=O) groups is 1. The van der Waals surface area contributed by atoms with Gasteiger partial charge in [0.1, 0.15) is 0 Å². The van der Waals surface area contributed by atoms with Crippen LogP contribution in [0.5, 0.6) is 11.5 Å². The van der Waals surface area contributed by atoms with Crippen LogP contribution in [0.15, 0.2) is 51.8 Å². The van der Waals surface area contributed by atoms with Gasteiger partial charge < -0.3 is 14.8 Å². The van der Waals surface area contributed by atoms with E-state index < -0.39 is 0 Å². The van der Waals surface area contributed by atoms with Gasteiger partial charge in [0.15, 0.2) is 11.5 Å². The molecule has 1 heterocycles. The van der Waals surface area contributed by atoms with Crippen molar-refractivity contribution in [1.29, 1.82) is 0 Å². The molecule has 3 rings (SSSR count). The molecule has 2 aromatic carbocycles. The van der Waals surface area contributed by atoms with Crippen molar-refractivity contribution in [2.75, 3.05) is 6.79 Å². The maximum absolute atomic E-state index is 12.2. The number of thioether (sulfide) groups is 1. The molecule has 1 atom stereocenters. The summed E-state index contributed by atoms with van der Waals surface area (Å²) in [5, 5.41) is 2.79. The summed E-state index contributed by atoms with van der Waals surface area (Å²) in [5.74, 6) is 1.49. The van der Waals surface area contributed by atoms with E-state index in [0.717, 1.165) is 26.4 Å². The fourth-order valence-corrected chi connectivity index (χ4v) is 3.31. The SMILES string of the molecule is CC(Sc1ccc(Br)cc1)C(=O)NCc1ccc2c(c1)OCO2. The highest BCUT2D eigenvalue weighted by atomic mass is 79.9. The Bertz CT molecular complexity index is 705. The van der Waals surface area contributed by atoms with Crippen LogP contribution in [0.3, 0.4) is 0 Å². The molecule has 0 fully saturated rings. The van der Waals surface area contributed by atoms with Gasteiger partial charge in [-0.1, -0.05) is 22.0 Å². The quantitative estimate of drug-likeness (QED) is 0.780. The molecule has 0 aromatic heterocycles. The highest BCUT2D eigenvalue weighted by Gasteiger charge is 2.16. The van der Waals surface area contributed by atoms with Crippen molar-refractivity contribution >= 4 is 33.6 Å². The molecule has 1 amide bonds. The summed E-state index contributed by atoms with van der Waals surface area (Å²) in [4.78, 5) is 13.3. The van der Waals surface area contributed by atoms with Gasteiger partial charge in [-0.15, -0.1) is 11.8 Å². The molecule has 1 N–H and O–H groups in total. The largest absolute Gasteiger partial charge is 0.454 e. The first-order valence-corrected chi connectivity index (χ1v) is 8.87. The van der Waals surface area contributed by atoms with Crippen molar-refractivity contribution < 1.29 is 14.3 Å². The molecular weight excluding hydrogens is 378 g/mol. The van der Waals surface area contributed by atoms with Crippen molar-refractivity contribution in [2.45, 2.75) is 23.6 Å². The molecule has 4 nitrogen and oxygen atoms in total. The Morgan fingerprint density at radius 3 is 2.74 bits per heavy atom. The van der Waals surface area contributed by atoms with Crippen LogP contribution >= 0.6 is 27.7 Å². The molecule has 0 radical (unpaired) electrons. The van der Waals surface area contributed by atoms with Gasteiger partial charge in [0.2, 0.25) is 12.7 Å². The van der Waals surface area contributed by atoms with Gasteiger partial charge in [0.05, 0.1) is 5.25 Å². The van der Waals surface area contributed by atoms with Gasteiger partial charge in [-0.25, -0.2) is 0 Å². The number of ether oxygens (including phenoxy) is 2. The van der Waals surface area contributed by atoms with Crippen LogP contribution in [0.1, 0.15) is 12.5 Å². The summed E-state index contributed by atoms with van der Waals surface area (Å²) in [7, 11) is 0. The molecule has 120 valence electrons. The minimum Gasteiger partial charge on any atom is -0.454 e. The van der Waals surface area contributed by atoms with Gasteiger partial charge in [0.25, 0.3) is 0 Å². The second-order valence-electron chi connectivity index (χ2n) is 5.12. The standard InChI is InChI=1S/C17H16BrNO3S/c1-11(23-14-5-3-13(18)4-6-14)17(20)19-9-12-2-7-15-16(8-12)22-10-21-15/h2-8,11H,9-10H2,1H3,(H,19,20). The molecule has 0 saturated carbocycles. The number of hydrogen-bond donors (Lipinski definition) is 1. The van der Waals surface area contributed by atoms with Crippen LogP contribution in [-0.2, 0) is 11.3 Å². The molecule has 1 unspecified atom stereocenters. The summed E-state index contributed by atoms with van der Waals surface area (Å²) in [6, 6.07) is 13.6. The van der Waals surface area contributed by atoms with Crippen molar-refractivity contribution in [3.05, 3.63) is 52.5 Å². The van der Waals surface area contributed by atoms with Crippen molar-refractivity contribution in [3.8, 4) is 11.5 Å². The zero-order chi connectivity index (χ0) is 16.2. The molecule has 2 aromatic rings. The van der Waals surface area contributed by atoms with Crippen molar-refractivity contribution in [3.63, 3.8) is 0 Å². The smallest absolute Gasteiger partial charge is 0.233 e. The molecule has 1 aliphatic rings. The molecule has 1 aliphatic heterocycles. The average molecular weight is 394 g/mol. The van der Waals surface area contributed by atoms with E-state index in [2.05, 4.69) is 21.2 Å². The highest BCUT2D eigenvalue weighted by Crippen LogP contribution is 2.32. The van der Waals surface area contributed by atoms with E-state index in [9.17, 15) is 4.79 Å². The predicted octanol–water partition coefficient (Wildman–Crippen LogP) is 3.97. The fourth-order valence-electron chi connectivity index (χ4n) is 2.15. The molecule has 0 bridgehead atoms. The molecule has 23 heavy (non-hydrogen) atoms. The van der Waals surface area contributed by atoms with Crippen LogP contribution in [0.25, 0.3) is 0 Å². The highest BCUT2D eigenvalue weighted by molar-refractivity contribution is 9.10. The van der Waals surface area contributed by atoms with Crippen LogP contribution < -0.4 is 14.8 Å². The number of carbonyl (C=O) groups excluding carboxylic acids is 1. The first-order valence-electron chi connectivity index (χ1n) is 7.20. The van der Waals surface area contributed by atoms with Gasteiger partial charge in [-0.05, 0) is 48.9 Å². The Labute approximate surface area is 147 Å². The topological polar surface area (TPSA) is 47.6 Å². The molecule has 0 spiro atoms. The van der Waals surface area contributed by atoms with E-state index in [4.69, 9.17) is 9.47 Å². The summed E-state index contributed by atoms with van der Waals surface area (Å²) < 4.78 is 11.6. The Balaban J connectivity index is 1.53. The molecular formula is C17H16BrNO3S. The number of hydrogen-bond acceptors (Lipinski definition) is 4. The Hall–Kier alpha value is -1.66. The van der Waals surface area contributed by atoms with E-state index in [-0.39, 0.29) is 18.0 Å². The van der Waals surface area contributed by atoms with E-state index in [1.165, 1.54) is 11.8 Å². The number of amides is 1. The van der Waals surface area contributed by atoms with Gasteiger partial charge in [-0.3, -0.25) is 4.79 Å². The maximum Gasteiger partial charge on any atom is 0.233 e. The number of benzene rings is 2. The first kappa shape index (κ1) is 16.2. The van der Waals surface area contributed by atoms with Gasteiger partial charge >= 0.3 is 0 Å². The summed E-state index contributed by atoms with van der Waals surface area (Å²) in [6.07, 6.45) is 0. The van der Waals surface area contributed by atoms with Crippen LogP contribution in [0.2, 0.25) is 0 Å². The summed E-state index contributed by atoms with van der Waals surface area (Å²) in [5.41, 5.74) is 0.989. The van der Waals surface area contributed by atoms with Crippen LogP contribution in [-0.4, -0.2) is 18.0 Å². The van der Waals surface area contributed by atoms with Gasteiger partial charge in [-0.2, -0.15) is 0 Å². The lowest BCUT2D eigenvalue weighted by Gasteiger charge is -2.12. The lowest BCUT2D eigenvalue weighted by molar-refractivity contribution is -0.120. The van der Waals surface area contributed by atoms with E-state index >= 15 is 0 Å². The maximum atomic E-state index is 12.2. The average Bonchev–Trinajstić information content (AvgIpc) is 3.02. The molecule has 0 saturated heterocycles. The van der Waals surface area contributed by atoms with Crippen molar-refractivity contribution in [1.82, 2.24) is 5.32 Å². The Morgan fingerprint density at radius 1 is 1.22 bits per heavy atom. The fraction of sp³-hybridized carbons (Fsp3) is 0.235. The summed E-state index contributed by atoms with van der Waals surface area (Å²) >= 11 is 4.94. The monoisotopic (exact) mass is 393 g/mol. The second kappa shape index (κ2) is 7.27.